The Hall–Kier alpha value is -2.89. The number of hydrogen-bond donors (Lipinski definition) is 2. The average molecular weight is 308 g/mol. The van der Waals surface area contributed by atoms with Crippen LogP contribution >= 0.6 is 0 Å². The third kappa shape index (κ3) is 2.88. The number of nitrogens with one attached hydrogen (secondary N) is 1. The molecule has 0 atom stereocenters. The van der Waals surface area contributed by atoms with Crippen LogP contribution in [0.15, 0.2) is 30.6 Å². The summed E-state index contributed by atoms with van der Waals surface area (Å²) in [5.74, 6) is 1.16. The molecule has 2 heterocycles. The Morgan fingerprint density at radius 2 is 1.83 bits per heavy atom. The Morgan fingerprint density at radius 3 is 2.52 bits per heavy atom. The van der Waals surface area contributed by atoms with Gasteiger partial charge in [0.15, 0.2) is 11.6 Å². The molecule has 6 nitrogen and oxygen atoms in total. The third-order valence-corrected chi connectivity index (χ3v) is 3.72. The van der Waals surface area contributed by atoms with E-state index in [4.69, 9.17) is 5.73 Å². The van der Waals surface area contributed by atoms with Crippen molar-refractivity contribution in [2.75, 3.05) is 11.1 Å². The van der Waals surface area contributed by atoms with E-state index >= 15 is 0 Å². The van der Waals surface area contributed by atoms with Gasteiger partial charge in [0.2, 0.25) is 0 Å². The predicted octanol–water partition coefficient (Wildman–Crippen LogP) is 3.22. The van der Waals surface area contributed by atoms with Gasteiger partial charge in [0, 0.05) is 11.4 Å². The molecule has 0 amide bonds. The van der Waals surface area contributed by atoms with Gasteiger partial charge < -0.3 is 11.1 Å². The van der Waals surface area contributed by atoms with Gasteiger partial charge in [-0.3, -0.25) is 0 Å². The van der Waals surface area contributed by atoms with Crippen molar-refractivity contribution in [3.05, 3.63) is 53.1 Å². The summed E-state index contributed by atoms with van der Waals surface area (Å²) in [7, 11) is 0. The zero-order valence-electron chi connectivity index (χ0n) is 13.8. The molecule has 0 unspecified atom stereocenters. The fraction of sp³-hybridized carbons (Fsp3) is 0.235. The highest BCUT2D eigenvalue weighted by atomic mass is 15.3. The molecular weight excluding hydrogens is 288 g/mol. The topological polar surface area (TPSA) is 81.7 Å². The molecule has 118 valence electrons. The van der Waals surface area contributed by atoms with Crippen LogP contribution in [0.5, 0.6) is 0 Å². The monoisotopic (exact) mass is 308 g/mol. The van der Waals surface area contributed by atoms with E-state index in [2.05, 4.69) is 45.5 Å². The molecule has 3 aromatic rings. The zero-order chi connectivity index (χ0) is 16.6. The first kappa shape index (κ1) is 15.0. The molecule has 0 aliphatic carbocycles. The van der Waals surface area contributed by atoms with Crippen molar-refractivity contribution in [1.82, 2.24) is 19.7 Å². The standard InChI is InChI=1S/C17H20N6/c1-10-5-6-11(2)14(7-10)21-16-15(18)17(20-9-19-16)23-13(4)8-12(3)22-23/h5-9H,18H2,1-4H3,(H,19,20,21). The van der Waals surface area contributed by atoms with Crippen LogP contribution in [-0.4, -0.2) is 19.7 Å². The van der Waals surface area contributed by atoms with Crippen LogP contribution < -0.4 is 11.1 Å². The summed E-state index contributed by atoms with van der Waals surface area (Å²) in [4.78, 5) is 8.57. The maximum atomic E-state index is 6.28. The highest BCUT2D eigenvalue weighted by molar-refractivity contribution is 5.75. The Balaban J connectivity index is 2.03. The van der Waals surface area contributed by atoms with Gasteiger partial charge in [0.05, 0.1) is 5.69 Å². The maximum Gasteiger partial charge on any atom is 0.182 e. The van der Waals surface area contributed by atoms with E-state index in [9.17, 15) is 0 Å². The summed E-state index contributed by atoms with van der Waals surface area (Å²) in [6.07, 6.45) is 1.50. The number of rotatable bonds is 3. The first-order valence-corrected chi connectivity index (χ1v) is 7.44. The molecule has 3 rings (SSSR count). The second-order valence-electron chi connectivity index (χ2n) is 5.74. The molecular formula is C17H20N6. The maximum absolute atomic E-state index is 6.28. The summed E-state index contributed by atoms with van der Waals surface area (Å²) >= 11 is 0. The number of aryl methyl sites for hydroxylation is 4. The van der Waals surface area contributed by atoms with Gasteiger partial charge >= 0.3 is 0 Å². The number of nitrogen functional groups attached to an aromatic ring is 1. The van der Waals surface area contributed by atoms with E-state index in [1.807, 2.05) is 26.8 Å². The minimum absolute atomic E-state index is 0.472. The van der Waals surface area contributed by atoms with E-state index in [0.717, 1.165) is 22.6 Å². The van der Waals surface area contributed by atoms with Gasteiger partial charge in [-0.05, 0) is 51.0 Å². The number of anilines is 3. The van der Waals surface area contributed by atoms with Gasteiger partial charge in [0.25, 0.3) is 0 Å². The lowest BCUT2D eigenvalue weighted by Crippen LogP contribution is -2.10. The van der Waals surface area contributed by atoms with Crippen LogP contribution in [0.1, 0.15) is 22.5 Å². The molecule has 0 fully saturated rings. The Kier molecular flexibility index (Phi) is 3.73. The number of nitrogens with two attached hydrogens (primary N) is 1. The largest absolute Gasteiger partial charge is 0.393 e. The van der Waals surface area contributed by atoms with Crippen LogP contribution in [-0.2, 0) is 0 Å². The lowest BCUT2D eigenvalue weighted by Gasteiger charge is -2.14. The minimum atomic E-state index is 0.472. The van der Waals surface area contributed by atoms with Crippen LogP contribution in [0.4, 0.5) is 17.2 Å². The summed E-state index contributed by atoms with van der Waals surface area (Å²) in [5, 5.41) is 7.74. The van der Waals surface area contributed by atoms with Gasteiger partial charge in [-0.15, -0.1) is 0 Å². The second-order valence-corrected chi connectivity index (χ2v) is 5.74. The van der Waals surface area contributed by atoms with E-state index < -0.39 is 0 Å². The number of nitrogens with zero attached hydrogens (tertiary/aromatic N) is 4. The number of aromatic nitrogens is 4. The molecule has 0 bridgehead atoms. The highest BCUT2D eigenvalue weighted by Gasteiger charge is 2.13. The summed E-state index contributed by atoms with van der Waals surface area (Å²) < 4.78 is 1.74. The normalized spacial score (nSPS) is 10.8. The van der Waals surface area contributed by atoms with Crippen LogP contribution in [0, 0.1) is 27.7 Å². The molecule has 3 N–H and O–H groups in total. The van der Waals surface area contributed by atoms with Crippen molar-refractivity contribution in [3.8, 4) is 5.82 Å². The first-order valence-electron chi connectivity index (χ1n) is 7.44. The summed E-state index contributed by atoms with van der Waals surface area (Å²) in [6.45, 7) is 8.01. The van der Waals surface area contributed by atoms with E-state index in [1.54, 1.807) is 4.68 Å². The molecule has 0 aliphatic heterocycles. The molecule has 0 saturated heterocycles. The highest BCUT2D eigenvalue weighted by Crippen LogP contribution is 2.27. The van der Waals surface area contributed by atoms with E-state index in [0.29, 0.717) is 17.3 Å². The van der Waals surface area contributed by atoms with Crippen LogP contribution in [0.2, 0.25) is 0 Å². The molecule has 0 radical (unpaired) electrons. The van der Waals surface area contributed by atoms with Crippen LogP contribution in [0.25, 0.3) is 5.82 Å². The summed E-state index contributed by atoms with van der Waals surface area (Å²) in [5.41, 5.74) is 11.9. The van der Waals surface area contributed by atoms with Crippen molar-refractivity contribution >= 4 is 17.2 Å². The quantitative estimate of drug-likeness (QED) is 0.776. The number of benzene rings is 1. The van der Waals surface area contributed by atoms with Crippen molar-refractivity contribution in [2.45, 2.75) is 27.7 Å². The SMILES string of the molecule is Cc1ccc(C)c(Nc2ncnc(-n3nc(C)cc3C)c2N)c1. The Labute approximate surface area is 135 Å². The summed E-state index contributed by atoms with van der Waals surface area (Å²) in [6, 6.07) is 8.20. The van der Waals surface area contributed by atoms with Crippen LogP contribution in [0.3, 0.4) is 0 Å². The minimum Gasteiger partial charge on any atom is -0.393 e. The molecule has 0 spiro atoms. The average Bonchev–Trinajstić information content (AvgIpc) is 2.83. The molecule has 23 heavy (non-hydrogen) atoms. The fourth-order valence-electron chi connectivity index (χ4n) is 2.50. The van der Waals surface area contributed by atoms with Gasteiger partial charge in [-0.25, -0.2) is 14.6 Å². The van der Waals surface area contributed by atoms with Crippen molar-refractivity contribution in [3.63, 3.8) is 0 Å². The van der Waals surface area contributed by atoms with Gasteiger partial charge in [0.1, 0.15) is 12.0 Å². The Bertz CT molecular complexity index is 866. The van der Waals surface area contributed by atoms with Crippen molar-refractivity contribution in [2.24, 2.45) is 0 Å². The van der Waals surface area contributed by atoms with Gasteiger partial charge in [-0.2, -0.15) is 5.10 Å². The third-order valence-electron chi connectivity index (χ3n) is 3.72. The molecule has 2 aromatic heterocycles. The molecule has 1 aromatic carbocycles. The van der Waals surface area contributed by atoms with Crippen molar-refractivity contribution < 1.29 is 0 Å². The molecule has 0 aliphatic rings. The number of hydrogen-bond acceptors (Lipinski definition) is 5. The van der Waals surface area contributed by atoms with E-state index in [1.165, 1.54) is 11.9 Å². The molecule has 0 saturated carbocycles. The van der Waals surface area contributed by atoms with Crippen molar-refractivity contribution in [1.29, 1.82) is 0 Å². The first-order chi connectivity index (χ1) is 11.0. The lowest BCUT2D eigenvalue weighted by atomic mass is 10.1. The van der Waals surface area contributed by atoms with Gasteiger partial charge in [-0.1, -0.05) is 12.1 Å². The smallest absolute Gasteiger partial charge is 0.182 e. The fourth-order valence-corrected chi connectivity index (χ4v) is 2.50. The van der Waals surface area contributed by atoms with E-state index in [-0.39, 0.29) is 0 Å². The second kappa shape index (κ2) is 5.72. The zero-order valence-corrected chi connectivity index (χ0v) is 13.8. The molecule has 6 heteroatoms. The Morgan fingerprint density at radius 1 is 1.04 bits per heavy atom. The predicted molar refractivity (Wildman–Crippen MR) is 92.2 cm³/mol. The lowest BCUT2D eigenvalue weighted by molar-refractivity contribution is 0.804.